The minimum absolute atomic E-state index is 0.115. The predicted molar refractivity (Wildman–Crippen MR) is 73.2 cm³/mol. The maximum absolute atomic E-state index is 11.9. The highest BCUT2D eigenvalue weighted by Gasteiger charge is 2.41. The summed E-state index contributed by atoms with van der Waals surface area (Å²) in [6.45, 7) is 3.55. The van der Waals surface area contributed by atoms with Crippen molar-refractivity contribution < 1.29 is 4.79 Å². The highest BCUT2D eigenvalue weighted by Crippen LogP contribution is 2.47. The van der Waals surface area contributed by atoms with Crippen molar-refractivity contribution in [3.63, 3.8) is 0 Å². The summed E-state index contributed by atoms with van der Waals surface area (Å²) in [5.41, 5.74) is 8.18. The summed E-state index contributed by atoms with van der Waals surface area (Å²) in [6, 6.07) is 8.10. The fourth-order valence-electron chi connectivity index (χ4n) is 2.35. The molecule has 1 aliphatic carbocycles. The molecular weight excluding hydrogens is 224 g/mol. The number of amides is 1. The van der Waals surface area contributed by atoms with Crippen molar-refractivity contribution in [3.05, 3.63) is 35.4 Å². The molecule has 1 amide bonds. The summed E-state index contributed by atoms with van der Waals surface area (Å²) < 4.78 is 0. The third kappa shape index (κ3) is 3.57. The lowest BCUT2D eigenvalue weighted by molar-refractivity contribution is -0.120. The van der Waals surface area contributed by atoms with Crippen molar-refractivity contribution in [2.45, 2.75) is 32.6 Å². The van der Waals surface area contributed by atoms with Crippen molar-refractivity contribution >= 4 is 5.91 Å². The van der Waals surface area contributed by atoms with Gasteiger partial charge >= 0.3 is 0 Å². The summed E-state index contributed by atoms with van der Waals surface area (Å²) in [5, 5.41) is 3.04. The fraction of sp³-hybridized carbons (Fsp3) is 0.533. The van der Waals surface area contributed by atoms with Gasteiger partial charge in [-0.3, -0.25) is 4.79 Å². The van der Waals surface area contributed by atoms with Gasteiger partial charge in [0.2, 0.25) is 5.91 Å². The molecule has 0 spiro atoms. The molecule has 0 aliphatic heterocycles. The summed E-state index contributed by atoms with van der Waals surface area (Å²) in [5.74, 6) is 0.115. The number of aryl methyl sites for hydroxylation is 1. The van der Waals surface area contributed by atoms with E-state index >= 15 is 0 Å². The van der Waals surface area contributed by atoms with Crippen molar-refractivity contribution in [3.8, 4) is 0 Å². The van der Waals surface area contributed by atoms with E-state index in [2.05, 4.69) is 11.4 Å². The molecular formula is C15H22N2O. The highest BCUT2D eigenvalue weighted by atomic mass is 16.1. The molecule has 98 valence electrons. The Hall–Kier alpha value is -1.35. The van der Waals surface area contributed by atoms with Crippen LogP contribution in [0.5, 0.6) is 0 Å². The van der Waals surface area contributed by atoms with E-state index < -0.39 is 0 Å². The first-order valence-corrected chi connectivity index (χ1v) is 6.66. The van der Waals surface area contributed by atoms with Gasteiger partial charge in [-0.15, -0.1) is 0 Å². The Morgan fingerprint density at radius 1 is 1.44 bits per heavy atom. The zero-order valence-corrected chi connectivity index (χ0v) is 11.0. The van der Waals surface area contributed by atoms with E-state index in [-0.39, 0.29) is 5.91 Å². The van der Waals surface area contributed by atoms with E-state index in [1.807, 2.05) is 25.1 Å². The Kier molecular flexibility index (Phi) is 4.02. The number of hydrogen-bond acceptors (Lipinski definition) is 2. The van der Waals surface area contributed by atoms with Crippen molar-refractivity contribution in [1.29, 1.82) is 0 Å². The molecule has 0 unspecified atom stereocenters. The lowest BCUT2D eigenvalue weighted by atomic mass is 10.0. The fourth-order valence-corrected chi connectivity index (χ4v) is 2.35. The third-order valence-electron chi connectivity index (χ3n) is 3.74. The van der Waals surface area contributed by atoms with Crippen LogP contribution in [-0.2, 0) is 11.2 Å². The van der Waals surface area contributed by atoms with Crippen LogP contribution >= 0.6 is 0 Å². The number of nitrogens with two attached hydrogens (primary N) is 1. The quantitative estimate of drug-likeness (QED) is 0.804. The van der Waals surface area contributed by atoms with Crippen molar-refractivity contribution in [1.82, 2.24) is 5.32 Å². The summed E-state index contributed by atoms with van der Waals surface area (Å²) in [7, 11) is 0. The largest absolute Gasteiger partial charge is 0.355 e. The van der Waals surface area contributed by atoms with E-state index in [1.54, 1.807) is 0 Å². The molecule has 0 saturated heterocycles. The van der Waals surface area contributed by atoms with Gasteiger partial charge in [0.1, 0.15) is 0 Å². The molecule has 2 rings (SSSR count). The summed E-state index contributed by atoms with van der Waals surface area (Å²) >= 11 is 0. The number of nitrogens with one attached hydrogen (secondary N) is 1. The number of rotatable bonds is 6. The normalized spacial score (nSPS) is 16.3. The summed E-state index contributed by atoms with van der Waals surface area (Å²) in [4.78, 5) is 11.9. The van der Waals surface area contributed by atoms with E-state index in [1.165, 1.54) is 18.4 Å². The molecule has 3 nitrogen and oxygen atoms in total. The van der Waals surface area contributed by atoms with E-state index in [9.17, 15) is 4.79 Å². The molecule has 0 aromatic heterocycles. The van der Waals surface area contributed by atoms with Crippen LogP contribution in [0, 0.1) is 12.3 Å². The van der Waals surface area contributed by atoms with Gasteiger partial charge in [-0.25, -0.2) is 0 Å². The second-order valence-electron chi connectivity index (χ2n) is 5.48. The van der Waals surface area contributed by atoms with Crippen LogP contribution in [0.2, 0.25) is 0 Å². The van der Waals surface area contributed by atoms with E-state index in [0.717, 1.165) is 18.5 Å². The first kappa shape index (κ1) is 13.1. The lowest BCUT2D eigenvalue weighted by Crippen LogP contribution is -2.32. The Morgan fingerprint density at radius 3 is 2.83 bits per heavy atom. The average Bonchev–Trinajstić information content (AvgIpc) is 3.08. The maximum atomic E-state index is 11.9. The number of carbonyl (C=O) groups excluding carboxylic acids is 1. The number of benzene rings is 1. The molecule has 1 fully saturated rings. The predicted octanol–water partition coefficient (Wildman–Crippen LogP) is 1.78. The van der Waals surface area contributed by atoms with Crippen molar-refractivity contribution in [2.75, 3.05) is 13.1 Å². The first-order valence-electron chi connectivity index (χ1n) is 6.66. The zero-order valence-electron chi connectivity index (χ0n) is 11.0. The van der Waals surface area contributed by atoms with Gasteiger partial charge in [-0.05, 0) is 43.7 Å². The first-order chi connectivity index (χ1) is 8.63. The molecule has 1 aliphatic rings. The molecule has 1 aromatic rings. The van der Waals surface area contributed by atoms with Gasteiger partial charge < -0.3 is 11.1 Å². The van der Waals surface area contributed by atoms with E-state index in [0.29, 0.717) is 18.4 Å². The summed E-state index contributed by atoms with van der Waals surface area (Å²) in [6.07, 6.45) is 3.90. The number of carbonyl (C=O) groups is 1. The molecule has 3 N–H and O–H groups in total. The Morgan fingerprint density at radius 2 is 2.22 bits per heavy atom. The van der Waals surface area contributed by atoms with Crippen LogP contribution in [0.4, 0.5) is 0 Å². The SMILES string of the molecule is Cc1cccc(CC(=O)NCC2(CCN)CC2)c1. The molecule has 0 bridgehead atoms. The van der Waals surface area contributed by atoms with Crippen LogP contribution in [0.15, 0.2) is 24.3 Å². The second-order valence-corrected chi connectivity index (χ2v) is 5.48. The molecule has 0 atom stereocenters. The van der Waals surface area contributed by atoms with Crippen LogP contribution in [0.1, 0.15) is 30.4 Å². The topological polar surface area (TPSA) is 55.1 Å². The number of hydrogen-bond donors (Lipinski definition) is 2. The van der Waals surface area contributed by atoms with Crippen LogP contribution in [-0.4, -0.2) is 19.0 Å². The van der Waals surface area contributed by atoms with Gasteiger partial charge in [-0.1, -0.05) is 29.8 Å². The van der Waals surface area contributed by atoms with Crippen LogP contribution in [0.3, 0.4) is 0 Å². The maximum Gasteiger partial charge on any atom is 0.224 e. The standard InChI is InChI=1S/C15H22N2O/c1-12-3-2-4-13(9-12)10-14(18)17-11-15(5-6-15)7-8-16/h2-4,9H,5-8,10-11,16H2,1H3,(H,17,18). The third-order valence-corrected chi connectivity index (χ3v) is 3.74. The van der Waals surface area contributed by atoms with Gasteiger partial charge in [0.15, 0.2) is 0 Å². The highest BCUT2D eigenvalue weighted by molar-refractivity contribution is 5.78. The minimum atomic E-state index is 0.115. The van der Waals surface area contributed by atoms with Gasteiger partial charge in [0.05, 0.1) is 6.42 Å². The Bertz CT molecular complexity index is 424. The Balaban J connectivity index is 1.79. The van der Waals surface area contributed by atoms with Gasteiger partial charge in [0, 0.05) is 6.54 Å². The van der Waals surface area contributed by atoms with Crippen LogP contribution in [0.25, 0.3) is 0 Å². The molecule has 1 aromatic carbocycles. The van der Waals surface area contributed by atoms with Crippen LogP contribution < -0.4 is 11.1 Å². The minimum Gasteiger partial charge on any atom is -0.355 e. The molecule has 0 radical (unpaired) electrons. The molecule has 3 heteroatoms. The molecule has 0 heterocycles. The Labute approximate surface area is 109 Å². The van der Waals surface area contributed by atoms with E-state index in [4.69, 9.17) is 5.73 Å². The zero-order chi connectivity index (χ0) is 13.0. The monoisotopic (exact) mass is 246 g/mol. The smallest absolute Gasteiger partial charge is 0.224 e. The average molecular weight is 246 g/mol. The van der Waals surface area contributed by atoms with Crippen molar-refractivity contribution in [2.24, 2.45) is 11.1 Å². The van der Waals surface area contributed by atoms with Gasteiger partial charge in [0.25, 0.3) is 0 Å². The molecule has 18 heavy (non-hydrogen) atoms. The lowest BCUT2D eigenvalue weighted by Gasteiger charge is -2.14. The van der Waals surface area contributed by atoms with Gasteiger partial charge in [-0.2, -0.15) is 0 Å². The molecule has 1 saturated carbocycles. The second kappa shape index (κ2) is 5.53.